The van der Waals surface area contributed by atoms with E-state index in [0.29, 0.717) is 5.58 Å². The van der Waals surface area contributed by atoms with Crippen molar-refractivity contribution in [2.45, 2.75) is 39.3 Å². The second-order valence-corrected chi connectivity index (χ2v) is 8.81. The monoisotopic (exact) mass is 396 g/mol. The fourth-order valence-corrected chi connectivity index (χ4v) is 4.53. The highest BCUT2D eigenvalue weighted by Crippen LogP contribution is 2.22. The van der Waals surface area contributed by atoms with Gasteiger partial charge in [-0.3, -0.25) is 9.69 Å². The zero-order valence-electron chi connectivity index (χ0n) is 16.2. The molecule has 4 rings (SSSR count). The van der Waals surface area contributed by atoms with Gasteiger partial charge in [-0.15, -0.1) is 11.3 Å². The summed E-state index contributed by atoms with van der Waals surface area (Å²) in [4.78, 5) is 28.5. The van der Waals surface area contributed by atoms with Gasteiger partial charge in [0.2, 0.25) is 0 Å². The number of fused-ring (bicyclic) bond motifs is 1. The summed E-state index contributed by atoms with van der Waals surface area (Å²) in [5, 5.41) is 4.15. The number of nitrogens with zero attached hydrogens (tertiary/aromatic N) is 1. The molecule has 3 aromatic rings. The average molecular weight is 397 g/mol. The van der Waals surface area contributed by atoms with Gasteiger partial charge < -0.3 is 9.73 Å². The lowest BCUT2D eigenvalue weighted by Crippen LogP contribution is -2.44. The molecule has 0 bridgehead atoms. The third kappa shape index (κ3) is 4.18. The van der Waals surface area contributed by atoms with Crippen LogP contribution in [0, 0.1) is 13.8 Å². The van der Waals surface area contributed by atoms with Gasteiger partial charge in [-0.05, 0) is 56.0 Å². The maximum atomic E-state index is 12.4. The van der Waals surface area contributed by atoms with E-state index >= 15 is 0 Å². The first kappa shape index (κ1) is 18.9. The molecule has 1 amide bonds. The molecule has 3 heterocycles. The van der Waals surface area contributed by atoms with Crippen LogP contribution in [0.25, 0.3) is 11.0 Å². The highest BCUT2D eigenvalue weighted by molar-refractivity contribution is 7.13. The van der Waals surface area contributed by atoms with E-state index in [2.05, 4.69) is 10.2 Å². The Labute approximate surface area is 168 Å². The summed E-state index contributed by atoms with van der Waals surface area (Å²) in [5.41, 5.74) is 2.42. The van der Waals surface area contributed by atoms with Crippen LogP contribution in [0.2, 0.25) is 0 Å². The lowest BCUT2D eigenvalue weighted by molar-refractivity contribution is 0.0913. The standard InChI is InChI=1S/C22H24N2O3S/c1-14-3-5-18-16(12-21(25)27-19(18)11-14)13-24-9-7-17(8-10-24)23-22(26)20-6-4-15(2)28-20/h3-6,11-12,17H,7-10,13H2,1-2H3,(H,23,26). The molecule has 1 fully saturated rings. The van der Waals surface area contributed by atoms with Crippen LogP contribution in [0.15, 0.2) is 45.6 Å². The summed E-state index contributed by atoms with van der Waals surface area (Å²) in [5.74, 6) is 0.0265. The molecule has 0 unspecified atom stereocenters. The van der Waals surface area contributed by atoms with E-state index in [4.69, 9.17) is 4.42 Å². The van der Waals surface area contributed by atoms with E-state index in [1.165, 1.54) is 11.3 Å². The maximum absolute atomic E-state index is 12.4. The molecule has 1 aromatic carbocycles. The molecule has 0 spiro atoms. The molecule has 1 saturated heterocycles. The molecule has 6 heteroatoms. The van der Waals surface area contributed by atoms with Gasteiger partial charge in [0.05, 0.1) is 4.88 Å². The fraction of sp³-hybridized carbons (Fsp3) is 0.364. The summed E-state index contributed by atoms with van der Waals surface area (Å²) in [6.07, 6.45) is 1.82. The first-order valence-corrected chi connectivity index (χ1v) is 10.4. The fourth-order valence-electron chi connectivity index (χ4n) is 3.76. The average Bonchev–Trinajstić information content (AvgIpc) is 3.09. The molecule has 28 heavy (non-hydrogen) atoms. The second-order valence-electron chi connectivity index (χ2n) is 7.52. The number of carbonyl (C=O) groups is 1. The van der Waals surface area contributed by atoms with Crippen LogP contribution in [0.3, 0.4) is 0 Å². The van der Waals surface area contributed by atoms with Crippen LogP contribution in [-0.4, -0.2) is 29.9 Å². The number of benzene rings is 1. The Bertz CT molecular complexity index is 1060. The number of hydrogen-bond donors (Lipinski definition) is 1. The molecule has 0 saturated carbocycles. The van der Waals surface area contributed by atoms with Crippen molar-refractivity contribution >= 4 is 28.2 Å². The first-order chi connectivity index (χ1) is 13.5. The molecule has 0 aliphatic carbocycles. The van der Waals surface area contributed by atoms with Gasteiger partial charge in [0.25, 0.3) is 5.91 Å². The van der Waals surface area contributed by atoms with Crippen molar-refractivity contribution in [2.24, 2.45) is 0 Å². The van der Waals surface area contributed by atoms with Crippen molar-refractivity contribution in [2.75, 3.05) is 13.1 Å². The molecule has 0 radical (unpaired) electrons. The predicted molar refractivity (Wildman–Crippen MR) is 112 cm³/mol. The van der Waals surface area contributed by atoms with Gasteiger partial charge in [0.1, 0.15) is 5.58 Å². The minimum absolute atomic E-state index is 0.0265. The summed E-state index contributed by atoms with van der Waals surface area (Å²) in [6, 6.07) is 11.6. The maximum Gasteiger partial charge on any atom is 0.336 e. The van der Waals surface area contributed by atoms with Crippen LogP contribution < -0.4 is 10.9 Å². The quantitative estimate of drug-likeness (QED) is 0.680. The van der Waals surface area contributed by atoms with Crippen molar-refractivity contribution in [1.29, 1.82) is 0 Å². The van der Waals surface area contributed by atoms with E-state index in [1.54, 1.807) is 6.07 Å². The summed E-state index contributed by atoms with van der Waals surface area (Å²) >= 11 is 1.53. The molecule has 1 aliphatic rings. The highest BCUT2D eigenvalue weighted by Gasteiger charge is 2.22. The van der Waals surface area contributed by atoms with E-state index in [0.717, 1.165) is 58.7 Å². The van der Waals surface area contributed by atoms with Crippen LogP contribution in [0.4, 0.5) is 0 Å². The predicted octanol–water partition coefficient (Wildman–Crippen LogP) is 3.87. The summed E-state index contributed by atoms with van der Waals surface area (Å²) in [7, 11) is 0. The third-order valence-electron chi connectivity index (χ3n) is 5.27. The molecular weight excluding hydrogens is 372 g/mol. The van der Waals surface area contributed by atoms with Gasteiger partial charge in [0.15, 0.2) is 0 Å². The normalized spacial score (nSPS) is 15.8. The number of piperidine rings is 1. The Morgan fingerprint density at radius 2 is 1.96 bits per heavy atom. The van der Waals surface area contributed by atoms with Crippen molar-refractivity contribution < 1.29 is 9.21 Å². The third-order valence-corrected chi connectivity index (χ3v) is 6.27. The Balaban J connectivity index is 1.39. The highest BCUT2D eigenvalue weighted by atomic mass is 32.1. The number of rotatable bonds is 4. The van der Waals surface area contributed by atoms with E-state index in [9.17, 15) is 9.59 Å². The summed E-state index contributed by atoms with van der Waals surface area (Å²) in [6.45, 7) is 6.50. The van der Waals surface area contributed by atoms with Crippen LogP contribution in [0.1, 0.15) is 38.5 Å². The Kier molecular flexibility index (Phi) is 5.33. The number of amides is 1. The lowest BCUT2D eigenvalue weighted by Gasteiger charge is -2.32. The van der Waals surface area contributed by atoms with Crippen molar-refractivity contribution in [1.82, 2.24) is 10.2 Å². The van der Waals surface area contributed by atoms with Gasteiger partial charge in [-0.25, -0.2) is 4.79 Å². The SMILES string of the molecule is Cc1ccc2c(CN3CCC(NC(=O)c4ccc(C)s4)CC3)cc(=O)oc2c1. The molecule has 146 valence electrons. The molecule has 5 nitrogen and oxygen atoms in total. The largest absolute Gasteiger partial charge is 0.423 e. The zero-order valence-corrected chi connectivity index (χ0v) is 17.0. The Morgan fingerprint density at radius 3 is 2.68 bits per heavy atom. The molecule has 0 atom stereocenters. The lowest BCUT2D eigenvalue weighted by atomic mass is 10.0. The molecular formula is C22H24N2O3S. The topological polar surface area (TPSA) is 62.6 Å². The van der Waals surface area contributed by atoms with Crippen LogP contribution >= 0.6 is 11.3 Å². The van der Waals surface area contributed by atoms with Gasteiger partial charge in [-0.2, -0.15) is 0 Å². The van der Waals surface area contributed by atoms with Gasteiger partial charge in [-0.1, -0.05) is 12.1 Å². The minimum atomic E-state index is -0.304. The van der Waals surface area contributed by atoms with Gasteiger partial charge >= 0.3 is 5.63 Å². The molecule has 2 aromatic heterocycles. The minimum Gasteiger partial charge on any atom is -0.423 e. The van der Waals surface area contributed by atoms with Crippen LogP contribution in [0.5, 0.6) is 0 Å². The van der Waals surface area contributed by atoms with Crippen molar-refractivity contribution in [3.63, 3.8) is 0 Å². The van der Waals surface area contributed by atoms with Gasteiger partial charge in [0, 0.05) is 42.0 Å². The smallest absolute Gasteiger partial charge is 0.336 e. The van der Waals surface area contributed by atoms with Crippen molar-refractivity contribution in [3.8, 4) is 0 Å². The number of hydrogen-bond acceptors (Lipinski definition) is 5. The van der Waals surface area contributed by atoms with E-state index in [-0.39, 0.29) is 17.6 Å². The number of likely N-dealkylation sites (tertiary alicyclic amines) is 1. The number of thiophene rings is 1. The summed E-state index contributed by atoms with van der Waals surface area (Å²) < 4.78 is 5.36. The Morgan fingerprint density at radius 1 is 1.18 bits per heavy atom. The van der Waals surface area contributed by atoms with E-state index in [1.807, 2.05) is 44.2 Å². The number of aryl methyl sites for hydroxylation is 2. The molecule has 1 N–H and O–H groups in total. The first-order valence-electron chi connectivity index (χ1n) is 9.61. The van der Waals surface area contributed by atoms with Crippen LogP contribution in [-0.2, 0) is 6.54 Å². The number of carbonyl (C=O) groups excluding carboxylic acids is 1. The second kappa shape index (κ2) is 7.89. The molecule has 1 aliphatic heterocycles. The van der Waals surface area contributed by atoms with Crippen molar-refractivity contribution in [3.05, 3.63) is 67.7 Å². The van der Waals surface area contributed by atoms with E-state index < -0.39 is 0 Å². The zero-order chi connectivity index (χ0) is 19.7. The number of nitrogens with one attached hydrogen (secondary N) is 1. The Hall–Kier alpha value is -2.44.